The molecule has 4 nitrogen and oxygen atoms in total. The van der Waals surface area contributed by atoms with Crippen molar-refractivity contribution in [2.75, 3.05) is 24.2 Å². The first-order chi connectivity index (χ1) is 7.31. The molecule has 0 unspecified atom stereocenters. The lowest BCUT2D eigenvalue weighted by atomic mass is 10.3. The molecule has 0 spiro atoms. The summed E-state index contributed by atoms with van der Waals surface area (Å²) in [4.78, 5) is 9.07. The van der Waals surface area contributed by atoms with Gasteiger partial charge in [-0.1, -0.05) is 0 Å². The summed E-state index contributed by atoms with van der Waals surface area (Å²) in [6.07, 6.45) is -3.81. The fraction of sp³-hybridized carbons (Fsp3) is 0.556. The molecular formula is C9H13F3N4. The Labute approximate surface area is 91.3 Å². The van der Waals surface area contributed by atoms with E-state index in [1.54, 1.807) is 14.0 Å². The highest BCUT2D eigenvalue weighted by atomic mass is 19.4. The molecule has 0 amide bonds. The number of hydrogen-bond donors (Lipinski definition) is 1. The van der Waals surface area contributed by atoms with E-state index in [-0.39, 0.29) is 12.4 Å². The van der Waals surface area contributed by atoms with Gasteiger partial charge < -0.3 is 10.6 Å². The Bertz CT molecular complexity index is 364. The molecule has 1 aromatic rings. The van der Waals surface area contributed by atoms with Crippen molar-refractivity contribution in [1.29, 1.82) is 0 Å². The molecule has 7 heteroatoms. The van der Waals surface area contributed by atoms with Crippen LogP contribution < -0.4 is 10.6 Å². The molecule has 0 radical (unpaired) electrons. The van der Waals surface area contributed by atoms with Gasteiger partial charge in [0.05, 0.1) is 6.42 Å². The van der Waals surface area contributed by atoms with Gasteiger partial charge in [0.1, 0.15) is 18.0 Å². The van der Waals surface area contributed by atoms with E-state index in [1.165, 1.54) is 11.2 Å². The summed E-state index contributed by atoms with van der Waals surface area (Å²) in [5.74, 6) is 0.709. The Morgan fingerprint density at radius 3 is 2.56 bits per heavy atom. The zero-order valence-corrected chi connectivity index (χ0v) is 9.04. The van der Waals surface area contributed by atoms with Crippen LogP contribution in [0.15, 0.2) is 6.33 Å². The van der Waals surface area contributed by atoms with Gasteiger partial charge in [-0.15, -0.1) is 0 Å². The molecule has 2 N–H and O–H groups in total. The minimum absolute atomic E-state index is 0.152. The SMILES string of the molecule is Cc1c(N)ncnc1N(C)CCC(F)(F)F. The number of nitrogen functional groups attached to an aromatic ring is 1. The van der Waals surface area contributed by atoms with Gasteiger partial charge in [0.2, 0.25) is 0 Å². The number of anilines is 2. The van der Waals surface area contributed by atoms with Gasteiger partial charge in [-0.25, -0.2) is 9.97 Å². The molecular weight excluding hydrogens is 221 g/mol. The zero-order valence-electron chi connectivity index (χ0n) is 9.04. The van der Waals surface area contributed by atoms with Crippen molar-refractivity contribution in [3.63, 3.8) is 0 Å². The van der Waals surface area contributed by atoms with Gasteiger partial charge >= 0.3 is 6.18 Å². The van der Waals surface area contributed by atoms with Crippen LogP contribution in [-0.2, 0) is 0 Å². The quantitative estimate of drug-likeness (QED) is 0.865. The van der Waals surface area contributed by atoms with Crippen molar-refractivity contribution in [2.24, 2.45) is 0 Å². The Hall–Kier alpha value is -1.53. The first kappa shape index (κ1) is 12.5. The second-order valence-electron chi connectivity index (χ2n) is 3.49. The lowest BCUT2D eigenvalue weighted by molar-refractivity contribution is -0.132. The highest BCUT2D eigenvalue weighted by Gasteiger charge is 2.27. The summed E-state index contributed by atoms with van der Waals surface area (Å²) < 4.78 is 36.1. The molecule has 0 aliphatic heterocycles. The molecule has 0 aliphatic carbocycles. The van der Waals surface area contributed by atoms with Crippen LogP contribution in [0.5, 0.6) is 0 Å². The minimum Gasteiger partial charge on any atom is -0.383 e. The van der Waals surface area contributed by atoms with Gasteiger partial charge in [-0.2, -0.15) is 13.2 Å². The molecule has 1 heterocycles. The van der Waals surface area contributed by atoms with E-state index in [1.807, 2.05) is 0 Å². The Kier molecular flexibility index (Phi) is 3.56. The lowest BCUT2D eigenvalue weighted by Crippen LogP contribution is -2.25. The first-order valence-electron chi connectivity index (χ1n) is 4.66. The number of hydrogen-bond acceptors (Lipinski definition) is 4. The molecule has 0 aromatic carbocycles. The maximum Gasteiger partial charge on any atom is 0.390 e. The fourth-order valence-corrected chi connectivity index (χ4v) is 1.24. The van der Waals surface area contributed by atoms with Crippen LogP contribution in [0.3, 0.4) is 0 Å². The molecule has 0 atom stereocenters. The van der Waals surface area contributed by atoms with Crippen molar-refractivity contribution in [3.8, 4) is 0 Å². The molecule has 90 valence electrons. The molecule has 1 aromatic heterocycles. The average Bonchev–Trinajstić information content (AvgIpc) is 2.17. The van der Waals surface area contributed by atoms with Crippen molar-refractivity contribution >= 4 is 11.6 Å². The topological polar surface area (TPSA) is 55.0 Å². The fourth-order valence-electron chi connectivity index (χ4n) is 1.24. The summed E-state index contributed by atoms with van der Waals surface area (Å²) >= 11 is 0. The Morgan fingerprint density at radius 2 is 2.00 bits per heavy atom. The van der Waals surface area contributed by atoms with Crippen molar-refractivity contribution in [3.05, 3.63) is 11.9 Å². The third-order valence-electron chi connectivity index (χ3n) is 2.19. The minimum atomic E-state index is -4.17. The van der Waals surface area contributed by atoms with E-state index in [2.05, 4.69) is 9.97 Å². The summed E-state index contributed by atoms with van der Waals surface area (Å²) in [6, 6.07) is 0. The Balaban J connectivity index is 2.73. The van der Waals surface area contributed by atoms with Crippen LogP contribution in [0.25, 0.3) is 0 Å². The predicted molar refractivity (Wildman–Crippen MR) is 55.1 cm³/mol. The summed E-state index contributed by atoms with van der Waals surface area (Å²) in [5.41, 5.74) is 6.13. The number of nitrogens with two attached hydrogens (primary N) is 1. The van der Waals surface area contributed by atoms with Gasteiger partial charge in [0.25, 0.3) is 0 Å². The monoisotopic (exact) mass is 234 g/mol. The van der Waals surface area contributed by atoms with Crippen LogP contribution in [0.2, 0.25) is 0 Å². The lowest BCUT2D eigenvalue weighted by Gasteiger charge is -2.20. The predicted octanol–water partition coefficient (Wildman–Crippen LogP) is 1.76. The largest absolute Gasteiger partial charge is 0.390 e. The maximum absolute atomic E-state index is 12.0. The summed E-state index contributed by atoms with van der Waals surface area (Å²) in [6.45, 7) is 1.52. The van der Waals surface area contributed by atoms with E-state index in [0.717, 1.165) is 0 Å². The Morgan fingerprint density at radius 1 is 1.38 bits per heavy atom. The summed E-state index contributed by atoms with van der Waals surface area (Å²) in [7, 11) is 1.54. The van der Waals surface area contributed by atoms with Gasteiger partial charge in [-0.05, 0) is 6.92 Å². The van der Waals surface area contributed by atoms with Crippen molar-refractivity contribution in [2.45, 2.75) is 19.5 Å². The highest BCUT2D eigenvalue weighted by Crippen LogP contribution is 2.23. The second kappa shape index (κ2) is 4.54. The molecule has 0 saturated heterocycles. The number of nitrogens with zero attached hydrogens (tertiary/aromatic N) is 3. The number of rotatable bonds is 3. The van der Waals surface area contributed by atoms with Gasteiger partial charge in [0, 0.05) is 19.2 Å². The summed E-state index contributed by atoms with van der Waals surface area (Å²) in [5, 5.41) is 0. The van der Waals surface area contributed by atoms with Gasteiger partial charge in [0.15, 0.2) is 0 Å². The van der Waals surface area contributed by atoms with Crippen molar-refractivity contribution in [1.82, 2.24) is 9.97 Å². The molecule has 1 rings (SSSR count). The standard InChI is InChI=1S/C9H13F3N4/c1-6-7(13)14-5-15-8(6)16(2)4-3-9(10,11)12/h5H,3-4H2,1-2H3,(H2,13,14,15). The van der Waals surface area contributed by atoms with E-state index >= 15 is 0 Å². The highest BCUT2D eigenvalue weighted by molar-refractivity contribution is 5.55. The van der Waals surface area contributed by atoms with Gasteiger partial charge in [-0.3, -0.25) is 0 Å². The van der Waals surface area contributed by atoms with Crippen LogP contribution in [0.1, 0.15) is 12.0 Å². The van der Waals surface area contributed by atoms with E-state index in [4.69, 9.17) is 5.73 Å². The molecule has 0 aliphatic rings. The molecule has 0 saturated carbocycles. The zero-order chi connectivity index (χ0) is 12.3. The molecule has 16 heavy (non-hydrogen) atoms. The molecule has 0 fully saturated rings. The van der Waals surface area contributed by atoms with Crippen LogP contribution in [0.4, 0.5) is 24.8 Å². The number of halogens is 3. The van der Waals surface area contributed by atoms with E-state index in [9.17, 15) is 13.2 Å². The molecule has 0 bridgehead atoms. The smallest absolute Gasteiger partial charge is 0.383 e. The maximum atomic E-state index is 12.0. The number of aromatic nitrogens is 2. The van der Waals surface area contributed by atoms with Crippen LogP contribution in [-0.4, -0.2) is 29.7 Å². The van der Waals surface area contributed by atoms with Crippen molar-refractivity contribution < 1.29 is 13.2 Å². The third kappa shape index (κ3) is 3.25. The second-order valence-corrected chi connectivity index (χ2v) is 3.49. The van der Waals surface area contributed by atoms with Crippen LogP contribution in [0, 0.1) is 6.92 Å². The third-order valence-corrected chi connectivity index (χ3v) is 2.19. The van der Waals surface area contributed by atoms with E-state index < -0.39 is 12.6 Å². The van der Waals surface area contributed by atoms with E-state index in [0.29, 0.717) is 11.4 Å². The first-order valence-corrected chi connectivity index (χ1v) is 4.66. The van der Waals surface area contributed by atoms with Crippen LogP contribution >= 0.6 is 0 Å². The average molecular weight is 234 g/mol. The number of alkyl halides is 3. The normalized spacial score (nSPS) is 11.6.